The smallest absolute Gasteiger partial charge is 0.161 e. The van der Waals surface area contributed by atoms with Crippen LogP contribution in [0.3, 0.4) is 0 Å². The van der Waals surface area contributed by atoms with Gasteiger partial charge in [-0.05, 0) is 45.3 Å². The molecule has 0 saturated carbocycles. The Bertz CT molecular complexity index is 1170. The van der Waals surface area contributed by atoms with Crippen LogP contribution in [0.25, 0.3) is 11.1 Å². The fourth-order valence-corrected chi connectivity index (χ4v) is 3.70. The lowest BCUT2D eigenvalue weighted by Gasteiger charge is -2.19. The molecule has 0 bridgehead atoms. The Morgan fingerprint density at radius 1 is 1.13 bits per heavy atom. The van der Waals surface area contributed by atoms with E-state index in [1.807, 2.05) is 36.4 Å². The Labute approximate surface area is 181 Å². The number of nitrogens with zero attached hydrogens (tertiary/aromatic N) is 1. The summed E-state index contributed by atoms with van der Waals surface area (Å²) in [4.78, 5) is 10.9. The van der Waals surface area contributed by atoms with Crippen molar-refractivity contribution in [3.05, 3.63) is 69.7 Å². The van der Waals surface area contributed by atoms with Crippen LogP contribution in [0.1, 0.15) is 21.5 Å². The minimum atomic E-state index is -0.172. The molecule has 3 aromatic carbocycles. The zero-order valence-corrected chi connectivity index (χ0v) is 17.3. The summed E-state index contributed by atoms with van der Waals surface area (Å²) >= 11 is 3.33. The number of phenolic OH excluding ortho intramolecular Hbond substituents is 1. The van der Waals surface area contributed by atoms with E-state index in [9.17, 15) is 15.2 Å². The van der Waals surface area contributed by atoms with E-state index in [1.54, 1.807) is 0 Å². The van der Waals surface area contributed by atoms with E-state index in [0.717, 1.165) is 11.1 Å². The molecule has 6 nitrogen and oxygen atoms in total. The fourth-order valence-electron chi connectivity index (χ4n) is 3.22. The van der Waals surface area contributed by atoms with Gasteiger partial charge in [0.1, 0.15) is 37.4 Å². The molecule has 0 saturated heterocycles. The molecule has 7 heteroatoms. The van der Waals surface area contributed by atoms with Crippen molar-refractivity contribution in [2.24, 2.45) is 0 Å². The number of carbonyl (C=O) groups is 1. The molecule has 150 valence electrons. The average molecular weight is 466 g/mol. The van der Waals surface area contributed by atoms with Gasteiger partial charge in [-0.3, -0.25) is 4.79 Å². The molecule has 1 heterocycles. The van der Waals surface area contributed by atoms with Gasteiger partial charge in [-0.2, -0.15) is 5.26 Å². The van der Waals surface area contributed by atoms with Crippen molar-refractivity contribution in [1.82, 2.24) is 0 Å². The number of phenols is 1. The van der Waals surface area contributed by atoms with Crippen LogP contribution in [-0.2, 0) is 6.61 Å². The van der Waals surface area contributed by atoms with E-state index in [0.29, 0.717) is 52.3 Å². The van der Waals surface area contributed by atoms with E-state index < -0.39 is 0 Å². The first-order valence-electron chi connectivity index (χ1n) is 9.13. The molecule has 0 spiro atoms. The summed E-state index contributed by atoms with van der Waals surface area (Å²) in [6.45, 7) is 1.11. The molecule has 30 heavy (non-hydrogen) atoms. The van der Waals surface area contributed by atoms with Crippen molar-refractivity contribution in [2.75, 3.05) is 13.2 Å². The Kier molecular flexibility index (Phi) is 5.59. The second-order valence-electron chi connectivity index (χ2n) is 6.56. The number of nitriles is 1. The van der Waals surface area contributed by atoms with Crippen molar-refractivity contribution in [3.8, 4) is 40.2 Å². The van der Waals surface area contributed by atoms with Gasteiger partial charge in [0.05, 0.1) is 15.6 Å². The third-order valence-corrected chi connectivity index (χ3v) is 5.33. The molecule has 1 aliphatic rings. The quantitative estimate of drug-likeness (QED) is 0.541. The van der Waals surface area contributed by atoms with Gasteiger partial charge in [-0.25, -0.2) is 0 Å². The molecular weight excluding hydrogens is 450 g/mol. The third kappa shape index (κ3) is 3.82. The molecule has 0 aromatic heterocycles. The number of aldehydes is 1. The van der Waals surface area contributed by atoms with Crippen LogP contribution < -0.4 is 14.2 Å². The van der Waals surface area contributed by atoms with Crippen LogP contribution in [0.4, 0.5) is 0 Å². The molecule has 0 radical (unpaired) electrons. The highest BCUT2D eigenvalue weighted by atomic mass is 79.9. The van der Waals surface area contributed by atoms with Crippen molar-refractivity contribution in [2.45, 2.75) is 6.61 Å². The summed E-state index contributed by atoms with van der Waals surface area (Å²) in [5, 5.41) is 19.7. The minimum absolute atomic E-state index is 0.111. The number of rotatable bonds is 5. The predicted molar refractivity (Wildman–Crippen MR) is 113 cm³/mol. The van der Waals surface area contributed by atoms with E-state index in [2.05, 4.69) is 22.0 Å². The second kappa shape index (κ2) is 8.47. The number of halogens is 1. The van der Waals surface area contributed by atoms with E-state index in [-0.39, 0.29) is 17.9 Å². The van der Waals surface area contributed by atoms with E-state index >= 15 is 0 Å². The van der Waals surface area contributed by atoms with Crippen molar-refractivity contribution < 1.29 is 24.1 Å². The van der Waals surface area contributed by atoms with Crippen LogP contribution in [0, 0.1) is 11.3 Å². The summed E-state index contributed by atoms with van der Waals surface area (Å²) in [6, 6.07) is 16.2. The monoisotopic (exact) mass is 465 g/mol. The maximum Gasteiger partial charge on any atom is 0.161 e. The van der Waals surface area contributed by atoms with Gasteiger partial charge in [-0.1, -0.05) is 24.3 Å². The first kappa shape index (κ1) is 19.8. The van der Waals surface area contributed by atoms with Crippen molar-refractivity contribution in [3.63, 3.8) is 0 Å². The molecule has 0 atom stereocenters. The van der Waals surface area contributed by atoms with Gasteiger partial charge < -0.3 is 19.3 Å². The SMILES string of the molecule is N#Cc1c(COc2cc(O)c(C=O)cc2Br)cccc1-c1ccc2c(c1)OCCO2. The molecule has 0 aliphatic carbocycles. The maximum absolute atomic E-state index is 10.9. The number of carbonyl (C=O) groups excluding carboxylic acids is 1. The number of benzene rings is 3. The van der Waals surface area contributed by atoms with Gasteiger partial charge in [0.25, 0.3) is 0 Å². The van der Waals surface area contributed by atoms with Crippen LogP contribution in [0.15, 0.2) is 53.0 Å². The summed E-state index contributed by atoms with van der Waals surface area (Å²) in [5.74, 6) is 1.53. The summed E-state index contributed by atoms with van der Waals surface area (Å²) < 4.78 is 17.6. The fraction of sp³-hybridized carbons (Fsp3) is 0.130. The minimum Gasteiger partial charge on any atom is -0.507 e. The molecule has 1 aliphatic heterocycles. The van der Waals surface area contributed by atoms with E-state index in [1.165, 1.54) is 12.1 Å². The Morgan fingerprint density at radius 2 is 1.93 bits per heavy atom. The number of hydrogen-bond donors (Lipinski definition) is 1. The number of aromatic hydroxyl groups is 1. The largest absolute Gasteiger partial charge is 0.507 e. The van der Waals surface area contributed by atoms with Crippen LogP contribution in [0.2, 0.25) is 0 Å². The van der Waals surface area contributed by atoms with Crippen LogP contribution in [0.5, 0.6) is 23.0 Å². The van der Waals surface area contributed by atoms with Gasteiger partial charge in [-0.15, -0.1) is 0 Å². The first-order chi connectivity index (χ1) is 14.6. The van der Waals surface area contributed by atoms with E-state index in [4.69, 9.17) is 14.2 Å². The lowest BCUT2D eigenvalue weighted by Crippen LogP contribution is -2.15. The van der Waals surface area contributed by atoms with Gasteiger partial charge in [0.2, 0.25) is 0 Å². The first-order valence-corrected chi connectivity index (χ1v) is 9.92. The Hall–Kier alpha value is -3.50. The zero-order chi connectivity index (χ0) is 21.1. The zero-order valence-electron chi connectivity index (χ0n) is 15.7. The van der Waals surface area contributed by atoms with Crippen molar-refractivity contribution >= 4 is 22.2 Å². The lowest BCUT2D eigenvalue weighted by molar-refractivity contribution is 0.112. The van der Waals surface area contributed by atoms with Gasteiger partial charge >= 0.3 is 0 Å². The standard InChI is InChI=1S/C23H16BrNO5/c24-19-8-16(12-26)20(27)10-22(19)30-13-15-2-1-3-17(18(15)11-25)14-4-5-21-23(9-14)29-7-6-28-21/h1-5,8-10,12,27H,6-7,13H2. The highest BCUT2D eigenvalue weighted by Crippen LogP contribution is 2.37. The third-order valence-electron chi connectivity index (χ3n) is 4.71. The normalized spacial score (nSPS) is 12.1. The molecule has 1 N–H and O–H groups in total. The van der Waals surface area contributed by atoms with Crippen LogP contribution in [-0.4, -0.2) is 24.6 Å². The number of hydrogen-bond acceptors (Lipinski definition) is 6. The maximum atomic E-state index is 10.9. The Morgan fingerprint density at radius 3 is 2.70 bits per heavy atom. The molecule has 4 rings (SSSR count). The summed E-state index contributed by atoms with van der Waals surface area (Å²) in [5.41, 5.74) is 2.93. The topological polar surface area (TPSA) is 88.8 Å². The Balaban J connectivity index is 1.64. The van der Waals surface area contributed by atoms with Crippen molar-refractivity contribution in [1.29, 1.82) is 5.26 Å². The second-order valence-corrected chi connectivity index (χ2v) is 7.41. The highest BCUT2D eigenvalue weighted by Gasteiger charge is 2.16. The summed E-state index contributed by atoms with van der Waals surface area (Å²) in [7, 11) is 0. The summed E-state index contributed by atoms with van der Waals surface area (Å²) in [6.07, 6.45) is 0.564. The van der Waals surface area contributed by atoms with Gasteiger partial charge in [0, 0.05) is 11.6 Å². The number of fused-ring (bicyclic) bond motifs is 1. The predicted octanol–water partition coefficient (Wildman–Crippen LogP) is 4.86. The molecule has 0 amide bonds. The average Bonchev–Trinajstić information content (AvgIpc) is 2.78. The molecule has 0 fully saturated rings. The molecule has 3 aromatic rings. The molecule has 0 unspecified atom stereocenters. The lowest BCUT2D eigenvalue weighted by atomic mass is 9.96. The van der Waals surface area contributed by atoms with Gasteiger partial charge in [0.15, 0.2) is 17.8 Å². The molecular formula is C23H16BrNO5. The highest BCUT2D eigenvalue weighted by molar-refractivity contribution is 9.10. The van der Waals surface area contributed by atoms with Crippen LogP contribution >= 0.6 is 15.9 Å². The number of ether oxygens (including phenoxy) is 3.